The van der Waals surface area contributed by atoms with Gasteiger partial charge >= 0.3 is 0 Å². The summed E-state index contributed by atoms with van der Waals surface area (Å²) in [5.41, 5.74) is 3.37. The fourth-order valence-electron chi connectivity index (χ4n) is 3.82. The molecule has 0 aliphatic carbocycles. The molecule has 0 saturated carbocycles. The van der Waals surface area contributed by atoms with E-state index in [9.17, 15) is 4.79 Å². The van der Waals surface area contributed by atoms with Crippen LogP contribution in [-0.4, -0.2) is 56.0 Å². The predicted molar refractivity (Wildman–Crippen MR) is 111 cm³/mol. The van der Waals surface area contributed by atoms with E-state index in [1.165, 1.54) is 18.4 Å². The van der Waals surface area contributed by atoms with Crippen molar-refractivity contribution in [2.75, 3.05) is 40.3 Å². The van der Waals surface area contributed by atoms with Crippen molar-refractivity contribution >= 4 is 5.91 Å². The van der Waals surface area contributed by atoms with Crippen molar-refractivity contribution in [2.24, 2.45) is 0 Å². The quantitative estimate of drug-likeness (QED) is 0.817. The van der Waals surface area contributed by atoms with E-state index >= 15 is 0 Å². The number of rotatable bonds is 7. The Morgan fingerprint density at radius 3 is 2.52 bits per heavy atom. The van der Waals surface area contributed by atoms with Crippen molar-refractivity contribution in [2.45, 2.75) is 25.3 Å². The first kappa shape index (κ1) is 19.6. The largest absolute Gasteiger partial charge is 0.351 e. The highest BCUT2D eigenvalue weighted by atomic mass is 16.1. The monoisotopic (exact) mass is 365 g/mol. The molecule has 1 fully saturated rings. The molecule has 0 unspecified atom stereocenters. The van der Waals surface area contributed by atoms with E-state index in [0.29, 0.717) is 12.5 Å². The maximum Gasteiger partial charge on any atom is 0.251 e. The number of nitrogens with zero attached hydrogens (tertiary/aromatic N) is 2. The van der Waals surface area contributed by atoms with E-state index in [0.717, 1.165) is 37.3 Å². The standard InChI is InChI=1S/C23H31N3O/c1-25(2)18-19-7-6-10-22(17-19)23(27)24-13-16-26-14-11-21(12-15-26)20-8-4-3-5-9-20/h3-10,17,21H,11-16,18H2,1-2H3,(H,24,27). The number of hydrogen-bond acceptors (Lipinski definition) is 3. The molecule has 2 aromatic rings. The molecule has 1 heterocycles. The summed E-state index contributed by atoms with van der Waals surface area (Å²) in [5, 5.41) is 3.08. The lowest BCUT2D eigenvalue weighted by Crippen LogP contribution is -2.39. The average molecular weight is 366 g/mol. The van der Waals surface area contributed by atoms with Crippen molar-refractivity contribution in [3.63, 3.8) is 0 Å². The van der Waals surface area contributed by atoms with E-state index in [-0.39, 0.29) is 5.91 Å². The number of amides is 1. The second kappa shape index (κ2) is 9.67. The van der Waals surface area contributed by atoms with Gasteiger partial charge in [-0.25, -0.2) is 0 Å². The molecular formula is C23H31N3O. The van der Waals surface area contributed by atoms with Crippen LogP contribution >= 0.6 is 0 Å². The molecule has 0 spiro atoms. The van der Waals surface area contributed by atoms with Gasteiger partial charge in [0.2, 0.25) is 0 Å². The number of hydrogen-bond donors (Lipinski definition) is 1. The van der Waals surface area contributed by atoms with Gasteiger partial charge in [-0.05, 0) is 69.2 Å². The van der Waals surface area contributed by atoms with Crippen molar-refractivity contribution < 1.29 is 4.79 Å². The normalized spacial score (nSPS) is 15.8. The minimum atomic E-state index is 0.0229. The number of nitrogens with one attached hydrogen (secondary N) is 1. The van der Waals surface area contributed by atoms with Gasteiger partial charge in [0, 0.05) is 25.2 Å². The van der Waals surface area contributed by atoms with Crippen LogP contribution in [0.4, 0.5) is 0 Å². The fourth-order valence-corrected chi connectivity index (χ4v) is 3.82. The molecule has 2 aromatic carbocycles. The Bertz CT molecular complexity index is 721. The van der Waals surface area contributed by atoms with Gasteiger partial charge in [0.05, 0.1) is 0 Å². The van der Waals surface area contributed by atoms with Gasteiger partial charge in [0.1, 0.15) is 0 Å². The van der Waals surface area contributed by atoms with Crippen LogP contribution in [0, 0.1) is 0 Å². The third kappa shape index (κ3) is 5.91. The van der Waals surface area contributed by atoms with Crippen LogP contribution in [0.2, 0.25) is 0 Å². The van der Waals surface area contributed by atoms with Crippen LogP contribution in [0.5, 0.6) is 0 Å². The summed E-state index contributed by atoms with van der Waals surface area (Å²) >= 11 is 0. The predicted octanol–water partition coefficient (Wildman–Crippen LogP) is 3.36. The smallest absolute Gasteiger partial charge is 0.251 e. The summed E-state index contributed by atoms with van der Waals surface area (Å²) in [6, 6.07) is 18.7. The van der Waals surface area contributed by atoms with Crippen LogP contribution in [0.15, 0.2) is 54.6 Å². The Labute approximate surface area is 163 Å². The van der Waals surface area contributed by atoms with Gasteiger partial charge in [0.15, 0.2) is 0 Å². The summed E-state index contributed by atoms with van der Waals surface area (Å²) in [7, 11) is 4.07. The molecule has 144 valence electrons. The van der Waals surface area contributed by atoms with E-state index in [1.54, 1.807) is 0 Å². The minimum Gasteiger partial charge on any atom is -0.351 e. The molecular weight excluding hydrogens is 334 g/mol. The SMILES string of the molecule is CN(C)Cc1cccc(C(=O)NCCN2CCC(c3ccccc3)CC2)c1. The number of benzene rings is 2. The fraction of sp³-hybridized carbons (Fsp3) is 0.435. The van der Waals surface area contributed by atoms with Gasteiger partial charge in [-0.1, -0.05) is 42.5 Å². The second-order valence-electron chi connectivity index (χ2n) is 7.72. The summed E-state index contributed by atoms with van der Waals surface area (Å²) in [6.07, 6.45) is 2.40. The minimum absolute atomic E-state index is 0.0229. The van der Waals surface area contributed by atoms with Crippen LogP contribution < -0.4 is 5.32 Å². The summed E-state index contributed by atoms with van der Waals surface area (Å²) in [4.78, 5) is 17.0. The number of piperidine rings is 1. The molecule has 1 aliphatic rings. The molecule has 0 aromatic heterocycles. The maximum atomic E-state index is 12.4. The molecule has 4 heteroatoms. The first-order valence-electron chi connectivity index (χ1n) is 9.91. The topological polar surface area (TPSA) is 35.6 Å². The second-order valence-corrected chi connectivity index (χ2v) is 7.72. The highest BCUT2D eigenvalue weighted by Gasteiger charge is 2.20. The first-order chi connectivity index (χ1) is 13.1. The van der Waals surface area contributed by atoms with Gasteiger partial charge in [0.25, 0.3) is 5.91 Å². The molecule has 1 saturated heterocycles. The average Bonchev–Trinajstić information content (AvgIpc) is 2.69. The molecule has 4 nitrogen and oxygen atoms in total. The van der Waals surface area contributed by atoms with Crippen LogP contribution in [-0.2, 0) is 6.54 Å². The molecule has 0 atom stereocenters. The zero-order valence-electron chi connectivity index (χ0n) is 16.5. The highest BCUT2D eigenvalue weighted by molar-refractivity contribution is 5.94. The Kier molecular flexibility index (Phi) is 7.02. The van der Waals surface area contributed by atoms with Crippen LogP contribution in [0.25, 0.3) is 0 Å². The first-order valence-corrected chi connectivity index (χ1v) is 9.91. The van der Waals surface area contributed by atoms with Crippen LogP contribution in [0.3, 0.4) is 0 Å². The maximum absolute atomic E-state index is 12.4. The number of carbonyl (C=O) groups excluding carboxylic acids is 1. The Morgan fingerprint density at radius 1 is 1.07 bits per heavy atom. The van der Waals surface area contributed by atoms with E-state index in [4.69, 9.17) is 0 Å². The van der Waals surface area contributed by atoms with Crippen molar-refractivity contribution in [3.05, 3.63) is 71.3 Å². The zero-order valence-corrected chi connectivity index (χ0v) is 16.5. The third-order valence-corrected chi connectivity index (χ3v) is 5.26. The number of likely N-dealkylation sites (tertiary alicyclic amines) is 1. The van der Waals surface area contributed by atoms with Crippen molar-refractivity contribution in [1.82, 2.24) is 15.1 Å². The lowest BCUT2D eigenvalue weighted by Gasteiger charge is -2.32. The third-order valence-electron chi connectivity index (χ3n) is 5.26. The highest BCUT2D eigenvalue weighted by Crippen LogP contribution is 2.27. The summed E-state index contributed by atoms with van der Waals surface area (Å²) in [5.74, 6) is 0.700. The van der Waals surface area contributed by atoms with Gasteiger partial charge in [-0.2, -0.15) is 0 Å². The van der Waals surface area contributed by atoms with Crippen molar-refractivity contribution in [3.8, 4) is 0 Å². The zero-order chi connectivity index (χ0) is 19.1. The Morgan fingerprint density at radius 2 is 1.81 bits per heavy atom. The molecule has 1 aliphatic heterocycles. The van der Waals surface area contributed by atoms with E-state index in [2.05, 4.69) is 51.5 Å². The van der Waals surface area contributed by atoms with E-state index < -0.39 is 0 Å². The van der Waals surface area contributed by atoms with Gasteiger partial charge in [-0.15, -0.1) is 0 Å². The molecule has 27 heavy (non-hydrogen) atoms. The molecule has 1 N–H and O–H groups in total. The summed E-state index contributed by atoms with van der Waals surface area (Å²) < 4.78 is 0. The van der Waals surface area contributed by atoms with Crippen molar-refractivity contribution in [1.29, 1.82) is 0 Å². The molecule has 0 radical (unpaired) electrons. The lowest BCUT2D eigenvalue weighted by atomic mass is 9.89. The molecule has 0 bridgehead atoms. The van der Waals surface area contributed by atoms with Crippen LogP contribution in [0.1, 0.15) is 40.2 Å². The summed E-state index contributed by atoms with van der Waals surface area (Å²) in [6.45, 7) is 4.68. The molecule has 1 amide bonds. The lowest BCUT2D eigenvalue weighted by molar-refractivity contribution is 0.0945. The Balaban J connectivity index is 1.41. The Hall–Kier alpha value is -2.17. The number of carbonyl (C=O) groups is 1. The van der Waals surface area contributed by atoms with E-state index in [1.807, 2.05) is 32.3 Å². The molecule has 3 rings (SSSR count). The van der Waals surface area contributed by atoms with Gasteiger partial charge in [-0.3, -0.25) is 4.79 Å². The van der Waals surface area contributed by atoms with Gasteiger partial charge < -0.3 is 15.1 Å².